The van der Waals surface area contributed by atoms with Crippen LogP contribution in [-0.4, -0.2) is 35.6 Å². The number of aliphatic carboxylic acids is 1. The van der Waals surface area contributed by atoms with E-state index in [1.165, 1.54) is 0 Å². The van der Waals surface area contributed by atoms with E-state index in [1.807, 2.05) is 6.07 Å². The Hall–Kier alpha value is -2.02. The maximum absolute atomic E-state index is 12.3. The van der Waals surface area contributed by atoms with Gasteiger partial charge in [0.2, 0.25) is 5.91 Å². The number of benzene rings is 1. The van der Waals surface area contributed by atoms with Crippen LogP contribution >= 0.6 is 0 Å². The third-order valence-electron chi connectivity index (χ3n) is 3.39. The SMILES string of the molecule is Cc1ccccc1C(=O)N[C@H](C(=O)N[C@H](C[S-])C(=O)[O-])C(C)C. The Labute approximate surface area is 141 Å². The largest absolute Gasteiger partial charge is 0.790 e. The molecule has 23 heavy (non-hydrogen) atoms. The van der Waals surface area contributed by atoms with Crippen molar-refractivity contribution in [2.24, 2.45) is 5.92 Å². The lowest BCUT2D eigenvalue weighted by atomic mass is 10.0. The second-order valence-electron chi connectivity index (χ2n) is 5.56. The molecule has 0 saturated heterocycles. The molecule has 0 aromatic heterocycles. The second-order valence-corrected chi connectivity index (χ2v) is 5.89. The van der Waals surface area contributed by atoms with Gasteiger partial charge in [-0.15, -0.1) is 0 Å². The van der Waals surface area contributed by atoms with Crippen LogP contribution in [0.15, 0.2) is 24.3 Å². The predicted molar refractivity (Wildman–Crippen MR) is 86.4 cm³/mol. The molecule has 7 heteroatoms. The Morgan fingerprint density at radius 3 is 2.26 bits per heavy atom. The van der Waals surface area contributed by atoms with Crippen molar-refractivity contribution in [3.63, 3.8) is 0 Å². The van der Waals surface area contributed by atoms with Crippen molar-refractivity contribution in [1.29, 1.82) is 0 Å². The fourth-order valence-electron chi connectivity index (χ4n) is 2.01. The number of carboxylic acid groups (broad SMARTS) is 1. The second kappa shape index (κ2) is 8.57. The van der Waals surface area contributed by atoms with Crippen molar-refractivity contribution in [3.8, 4) is 0 Å². The van der Waals surface area contributed by atoms with E-state index in [2.05, 4.69) is 23.3 Å². The van der Waals surface area contributed by atoms with Crippen molar-refractivity contribution in [2.45, 2.75) is 32.9 Å². The van der Waals surface area contributed by atoms with Gasteiger partial charge in [-0.05, 0) is 24.5 Å². The Morgan fingerprint density at radius 2 is 1.78 bits per heavy atom. The molecule has 0 spiro atoms. The molecule has 6 nitrogen and oxygen atoms in total. The highest BCUT2D eigenvalue weighted by Crippen LogP contribution is 2.09. The molecule has 0 bridgehead atoms. The average molecular weight is 336 g/mol. The first-order valence-electron chi connectivity index (χ1n) is 7.23. The number of carbonyl (C=O) groups excluding carboxylic acids is 3. The lowest BCUT2D eigenvalue weighted by Crippen LogP contribution is -2.56. The molecule has 0 aliphatic rings. The minimum Gasteiger partial charge on any atom is -0.790 e. The van der Waals surface area contributed by atoms with Gasteiger partial charge in [-0.25, -0.2) is 0 Å². The van der Waals surface area contributed by atoms with E-state index in [4.69, 9.17) is 0 Å². The number of aryl methyl sites for hydroxylation is 1. The smallest absolute Gasteiger partial charge is 0.252 e. The summed E-state index contributed by atoms with van der Waals surface area (Å²) in [7, 11) is 0. The van der Waals surface area contributed by atoms with E-state index < -0.39 is 24.0 Å². The number of carboxylic acids is 1. The molecule has 0 radical (unpaired) electrons. The fourth-order valence-corrected chi connectivity index (χ4v) is 2.23. The Balaban J connectivity index is 2.87. The first kappa shape index (κ1) is 19.0. The number of hydrogen-bond donors (Lipinski definition) is 2. The Morgan fingerprint density at radius 1 is 1.17 bits per heavy atom. The minimum atomic E-state index is -1.44. The van der Waals surface area contributed by atoms with Gasteiger partial charge in [0.1, 0.15) is 6.04 Å². The van der Waals surface area contributed by atoms with Gasteiger partial charge < -0.3 is 33.2 Å². The molecule has 1 rings (SSSR count). The van der Waals surface area contributed by atoms with Gasteiger partial charge >= 0.3 is 0 Å². The Bertz CT molecular complexity index is 589. The van der Waals surface area contributed by atoms with E-state index in [0.717, 1.165) is 5.56 Å². The molecular weight excluding hydrogens is 316 g/mol. The van der Waals surface area contributed by atoms with Crippen molar-refractivity contribution in [1.82, 2.24) is 10.6 Å². The van der Waals surface area contributed by atoms with Gasteiger partial charge in [0, 0.05) is 11.6 Å². The van der Waals surface area contributed by atoms with Gasteiger partial charge in [-0.2, -0.15) is 5.75 Å². The number of rotatable bonds is 7. The predicted octanol–water partition coefficient (Wildman–Crippen LogP) is -0.469. The highest BCUT2D eigenvalue weighted by atomic mass is 32.1. The van der Waals surface area contributed by atoms with Gasteiger partial charge in [-0.3, -0.25) is 9.59 Å². The summed E-state index contributed by atoms with van der Waals surface area (Å²) in [6.07, 6.45) is 0. The summed E-state index contributed by atoms with van der Waals surface area (Å²) in [5.41, 5.74) is 1.25. The summed E-state index contributed by atoms with van der Waals surface area (Å²) >= 11 is 4.68. The minimum absolute atomic E-state index is 0.204. The van der Waals surface area contributed by atoms with Crippen LogP contribution < -0.4 is 15.7 Å². The van der Waals surface area contributed by atoms with Crippen LogP contribution in [0.2, 0.25) is 0 Å². The van der Waals surface area contributed by atoms with Gasteiger partial charge in [0.15, 0.2) is 0 Å². The van der Waals surface area contributed by atoms with E-state index in [1.54, 1.807) is 39.0 Å². The van der Waals surface area contributed by atoms with Crippen molar-refractivity contribution < 1.29 is 19.5 Å². The summed E-state index contributed by atoms with van der Waals surface area (Å²) in [5, 5.41) is 15.8. The number of amides is 2. The molecule has 0 unspecified atom stereocenters. The van der Waals surface area contributed by atoms with Crippen molar-refractivity contribution >= 4 is 30.4 Å². The van der Waals surface area contributed by atoms with Crippen LogP contribution in [0.1, 0.15) is 29.8 Å². The first-order valence-corrected chi connectivity index (χ1v) is 7.81. The molecule has 0 heterocycles. The van der Waals surface area contributed by atoms with Crippen molar-refractivity contribution in [2.75, 3.05) is 5.75 Å². The molecule has 2 atom stereocenters. The van der Waals surface area contributed by atoms with Gasteiger partial charge in [0.25, 0.3) is 5.91 Å². The van der Waals surface area contributed by atoms with Crippen LogP contribution in [0.3, 0.4) is 0 Å². The molecule has 2 N–H and O–H groups in total. The topological polar surface area (TPSA) is 98.3 Å². The van der Waals surface area contributed by atoms with Crippen LogP contribution in [0.5, 0.6) is 0 Å². The van der Waals surface area contributed by atoms with Gasteiger partial charge in [0.05, 0.1) is 5.97 Å². The fraction of sp³-hybridized carbons (Fsp3) is 0.438. The first-order chi connectivity index (χ1) is 10.8. The van der Waals surface area contributed by atoms with E-state index in [-0.39, 0.29) is 17.6 Å². The number of hydrogen-bond acceptors (Lipinski definition) is 5. The lowest BCUT2D eigenvalue weighted by molar-refractivity contribution is -0.307. The average Bonchev–Trinajstić information content (AvgIpc) is 2.49. The number of nitrogens with one attached hydrogen (secondary N) is 2. The van der Waals surface area contributed by atoms with Crippen LogP contribution in [0, 0.1) is 12.8 Å². The highest BCUT2D eigenvalue weighted by Gasteiger charge is 2.26. The summed E-state index contributed by atoms with van der Waals surface area (Å²) < 4.78 is 0. The van der Waals surface area contributed by atoms with E-state index >= 15 is 0 Å². The van der Waals surface area contributed by atoms with E-state index in [9.17, 15) is 19.5 Å². The lowest BCUT2D eigenvalue weighted by Gasteiger charge is -2.27. The van der Waals surface area contributed by atoms with Crippen LogP contribution in [0.25, 0.3) is 0 Å². The normalized spacial score (nSPS) is 13.3. The molecular formula is C16H20N2O4S-2. The molecule has 0 aliphatic carbocycles. The van der Waals surface area contributed by atoms with Crippen LogP contribution in [-0.2, 0) is 22.2 Å². The maximum Gasteiger partial charge on any atom is 0.252 e. The van der Waals surface area contributed by atoms with Crippen molar-refractivity contribution in [3.05, 3.63) is 35.4 Å². The molecule has 1 aromatic carbocycles. The zero-order valence-electron chi connectivity index (χ0n) is 13.3. The van der Waals surface area contributed by atoms with E-state index in [0.29, 0.717) is 5.56 Å². The summed E-state index contributed by atoms with van der Waals surface area (Å²) in [6, 6.07) is 4.87. The summed E-state index contributed by atoms with van der Waals surface area (Å²) in [6.45, 7) is 5.30. The Kier molecular flexibility index (Phi) is 7.09. The molecule has 0 aliphatic heterocycles. The van der Waals surface area contributed by atoms with Gasteiger partial charge in [-0.1, -0.05) is 32.0 Å². The van der Waals surface area contributed by atoms with Crippen LogP contribution in [0.4, 0.5) is 0 Å². The zero-order chi connectivity index (χ0) is 17.6. The summed E-state index contributed by atoms with van der Waals surface area (Å²) in [5.74, 6) is -2.86. The molecule has 2 amide bonds. The highest BCUT2D eigenvalue weighted by molar-refractivity contribution is 7.58. The molecule has 1 aromatic rings. The number of carbonyl (C=O) groups is 3. The molecule has 126 valence electrons. The summed E-state index contributed by atoms with van der Waals surface area (Å²) in [4.78, 5) is 35.4. The monoisotopic (exact) mass is 336 g/mol. The maximum atomic E-state index is 12.3. The standard InChI is InChI=1S/C16H22N2O4S/c1-9(2)13(15(20)17-12(8-23)16(21)22)18-14(19)11-7-5-4-6-10(11)3/h4-7,9,12-13,23H,8H2,1-3H3,(H,17,20)(H,18,19)(H,21,22)/p-2/t12-,13+/m1/s1. The zero-order valence-corrected chi connectivity index (χ0v) is 14.1. The molecule has 0 saturated carbocycles. The third kappa shape index (κ3) is 5.28. The third-order valence-corrected chi connectivity index (χ3v) is 3.73. The molecule has 0 fully saturated rings. The quantitative estimate of drug-likeness (QED) is 0.656.